The molecule has 0 spiro atoms. The maximum absolute atomic E-state index is 12.5. The highest BCUT2D eigenvalue weighted by Gasteiger charge is 2.28. The number of aromatic amines is 1. The standard InChI is InChI=1S/C19H25N3O3/c1-11(18(24)20-4)12(2)19(25)22-17(13(3)23)9-14-10-21-16-8-6-5-7-15(14)16/h5-8,10-12,17,21H,9H2,1-4H3,(H,20,24)(H,22,25)/t11?,12?,17-/m0/s1. The van der Waals surface area contributed by atoms with E-state index < -0.39 is 17.9 Å². The summed E-state index contributed by atoms with van der Waals surface area (Å²) in [6.07, 6.45) is 2.27. The molecule has 0 aliphatic heterocycles. The lowest BCUT2D eigenvalue weighted by molar-refractivity contribution is -0.135. The molecule has 3 N–H and O–H groups in total. The number of aromatic nitrogens is 1. The molecule has 0 aliphatic carbocycles. The minimum absolute atomic E-state index is 0.113. The van der Waals surface area contributed by atoms with Crippen LogP contribution in [-0.2, 0) is 20.8 Å². The summed E-state index contributed by atoms with van der Waals surface area (Å²) in [5, 5.41) is 6.38. The van der Waals surface area contributed by atoms with E-state index in [0.29, 0.717) is 6.42 Å². The summed E-state index contributed by atoms with van der Waals surface area (Å²) in [5.41, 5.74) is 1.97. The second kappa shape index (κ2) is 7.96. The van der Waals surface area contributed by atoms with Gasteiger partial charge in [-0.15, -0.1) is 0 Å². The monoisotopic (exact) mass is 343 g/mol. The van der Waals surface area contributed by atoms with Gasteiger partial charge >= 0.3 is 0 Å². The molecule has 2 aromatic rings. The Morgan fingerprint density at radius 2 is 1.72 bits per heavy atom. The van der Waals surface area contributed by atoms with Crippen molar-refractivity contribution in [1.29, 1.82) is 0 Å². The summed E-state index contributed by atoms with van der Waals surface area (Å²) >= 11 is 0. The summed E-state index contributed by atoms with van der Waals surface area (Å²) in [7, 11) is 1.54. The summed E-state index contributed by atoms with van der Waals surface area (Å²) in [6.45, 7) is 4.86. The van der Waals surface area contributed by atoms with Crippen molar-refractivity contribution in [2.24, 2.45) is 11.8 Å². The van der Waals surface area contributed by atoms with Gasteiger partial charge in [0.2, 0.25) is 11.8 Å². The highest BCUT2D eigenvalue weighted by atomic mass is 16.2. The second-order valence-corrected chi connectivity index (χ2v) is 6.43. The van der Waals surface area contributed by atoms with Crippen molar-refractivity contribution in [2.45, 2.75) is 33.2 Å². The molecule has 1 aromatic heterocycles. The molecule has 0 fully saturated rings. The molecule has 134 valence electrons. The maximum Gasteiger partial charge on any atom is 0.224 e. The van der Waals surface area contributed by atoms with Crippen LogP contribution in [0.2, 0.25) is 0 Å². The van der Waals surface area contributed by atoms with E-state index in [2.05, 4.69) is 15.6 Å². The van der Waals surface area contributed by atoms with Gasteiger partial charge in [-0.05, 0) is 18.6 Å². The van der Waals surface area contributed by atoms with Gasteiger partial charge in [0.15, 0.2) is 5.78 Å². The molecule has 0 radical (unpaired) electrons. The molecule has 0 aliphatic rings. The Morgan fingerprint density at radius 3 is 2.36 bits per heavy atom. The number of fused-ring (bicyclic) bond motifs is 1. The van der Waals surface area contributed by atoms with Gasteiger partial charge in [-0.1, -0.05) is 32.0 Å². The summed E-state index contributed by atoms with van der Waals surface area (Å²) in [4.78, 5) is 39.4. The van der Waals surface area contributed by atoms with Crippen LogP contribution in [0.25, 0.3) is 10.9 Å². The summed E-state index contributed by atoms with van der Waals surface area (Å²) in [6, 6.07) is 7.21. The molecule has 0 saturated carbocycles. The number of ketones is 1. The topological polar surface area (TPSA) is 91.1 Å². The number of amides is 2. The van der Waals surface area contributed by atoms with Gasteiger partial charge in [0, 0.05) is 42.4 Å². The van der Waals surface area contributed by atoms with E-state index in [0.717, 1.165) is 16.5 Å². The molecular weight excluding hydrogens is 318 g/mol. The van der Waals surface area contributed by atoms with Gasteiger partial charge < -0.3 is 15.6 Å². The zero-order valence-corrected chi connectivity index (χ0v) is 15.1. The normalized spacial score (nSPS) is 14.6. The number of H-pyrrole nitrogens is 1. The summed E-state index contributed by atoms with van der Waals surface area (Å²) < 4.78 is 0. The number of rotatable bonds is 7. The summed E-state index contributed by atoms with van der Waals surface area (Å²) in [5.74, 6) is -1.59. The van der Waals surface area contributed by atoms with E-state index in [4.69, 9.17) is 0 Å². The lowest BCUT2D eigenvalue weighted by Crippen LogP contribution is -2.46. The first-order chi connectivity index (χ1) is 11.8. The first-order valence-electron chi connectivity index (χ1n) is 8.42. The Labute approximate surface area is 147 Å². The van der Waals surface area contributed by atoms with E-state index in [1.54, 1.807) is 20.9 Å². The van der Waals surface area contributed by atoms with Crippen LogP contribution in [0.1, 0.15) is 26.3 Å². The Balaban J connectivity index is 2.12. The van der Waals surface area contributed by atoms with Crippen LogP contribution < -0.4 is 10.6 Å². The minimum atomic E-state index is -0.619. The highest BCUT2D eigenvalue weighted by Crippen LogP contribution is 2.20. The minimum Gasteiger partial charge on any atom is -0.361 e. The molecule has 1 aromatic carbocycles. The second-order valence-electron chi connectivity index (χ2n) is 6.43. The van der Waals surface area contributed by atoms with Crippen LogP contribution in [0.5, 0.6) is 0 Å². The SMILES string of the molecule is CNC(=O)C(C)C(C)C(=O)N[C@@H](Cc1c[nH]c2ccccc12)C(C)=O. The molecule has 3 atom stereocenters. The molecule has 6 nitrogen and oxygen atoms in total. The van der Waals surface area contributed by atoms with Gasteiger partial charge in [-0.2, -0.15) is 0 Å². The zero-order chi connectivity index (χ0) is 18.6. The van der Waals surface area contributed by atoms with E-state index in [9.17, 15) is 14.4 Å². The largest absolute Gasteiger partial charge is 0.361 e. The molecule has 1 heterocycles. The van der Waals surface area contributed by atoms with Crippen LogP contribution >= 0.6 is 0 Å². The van der Waals surface area contributed by atoms with E-state index in [-0.39, 0.29) is 17.6 Å². The van der Waals surface area contributed by atoms with Crippen LogP contribution in [-0.4, -0.2) is 35.7 Å². The number of carbonyl (C=O) groups excluding carboxylic acids is 3. The fourth-order valence-electron chi connectivity index (χ4n) is 2.80. The Morgan fingerprint density at radius 1 is 1.08 bits per heavy atom. The van der Waals surface area contributed by atoms with Gasteiger partial charge in [0.1, 0.15) is 0 Å². The zero-order valence-electron chi connectivity index (χ0n) is 15.1. The maximum atomic E-state index is 12.5. The van der Waals surface area contributed by atoms with Crippen molar-refractivity contribution >= 4 is 28.5 Å². The van der Waals surface area contributed by atoms with Crippen molar-refractivity contribution in [2.75, 3.05) is 7.05 Å². The van der Waals surface area contributed by atoms with Gasteiger partial charge in [0.05, 0.1) is 6.04 Å². The van der Waals surface area contributed by atoms with Crippen molar-refractivity contribution in [3.8, 4) is 0 Å². The van der Waals surface area contributed by atoms with Crippen molar-refractivity contribution < 1.29 is 14.4 Å². The van der Waals surface area contributed by atoms with E-state index >= 15 is 0 Å². The molecule has 2 unspecified atom stereocenters. The van der Waals surface area contributed by atoms with Gasteiger partial charge in [-0.3, -0.25) is 14.4 Å². The molecule has 6 heteroatoms. The number of nitrogens with one attached hydrogen (secondary N) is 3. The lowest BCUT2D eigenvalue weighted by atomic mass is 9.93. The molecular formula is C19H25N3O3. The number of hydrogen-bond acceptors (Lipinski definition) is 3. The average Bonchev–Trinajstić information content (AvgIpc) is 3.02. The lowest BCUT2D eigenvalue weighted by Gasteiger charge is -2.22. The number of Topliss-reactive ketones (excluding diaryl/α,β-unsaturated/α-hetero) is 1. The van der Waals surface area contributed by atoms with E-state index in [1.807, 2.05) is 30.5 Å². The molecule has 2 rings (SSSR count). The van der Waals surface area contributed by atoms with Crippen molar-refractivity contribution in [3.05, 3.63) is 36.0 Å². The first-order valence-corrected chi connectivity index (χ1v) is 8.42. The third-order valence-electron chi connectivity index (χ3n) is 4.73. The predicted octanol–water partition coefficient (Wildman–Crippen LogP) is 1.80. The van der Waals surface area contributed by atoms with E-state index in [1.165, 1.54) is 6.92 Å². The first kappa shape index (κ1) is 18.7. The number of benzene rings is 1. The number of carbonyl (C=O) groups is 3. The molecule has 0 saturated heterocycles. The average molecular weight is 343 g/mol. The third-order valence-corrected chi connectivity index (χ3v) is 4.73. The smallest absolute Gasteiger partial charge is 0.224 e. The molecule has 0 bridgehead atoms. The molecule has 25 heavy (non-hydrogen) atoms. The molecule has 2 amide bonds. The predicted molar refractivity (Wildman–Crippen MR) is 97.0 cm³/mol. The Kier molecular flexibility index (Phi) is 5.96. The van der Waals surface area contributed by atoms with Crippen LogP contribution in [0.15, 0.2) is 30.5 Å². The Bertz CT molecular complexity index is 781. The van der Waals surface area contributed by atoms with Crippen LogP contribution in [0.3, 0.4) is 0 Å². The van der Waals surface area contributed by atoms with Crippen LogP contribution in [0.4, 0.5) is 0 Å². The fraction of sp³-hybridized carbons (Fsp3) is 0.421. The fourth-order valence-corrected chi connectivity index (χ4v) is 2.80. The third kappa shape index (κ3) is 4.26. The quantitative estimate of drug-likeness (QED) is 0.716. The Hall–Kier alpha value is -2.63. The highest BCUT2D eigenvalue weighted by molar-refractivity contribution is 5.92. The number of hydrogen-bond donors (Lipinski definition) is 3. The van der Waals surface area contributed by atoms with Gasteiger partial charge in [-0.25, -0.2) is 0 Å². The number of para-hydroxylation sites is 1. The van der Waals surface area contributed by atoms with Crippen molar-refractivity contribution in [3.63, 3.8) is 0 Å². The van der Waals surface area contributed by atoms with Crippen molar-refractivity contribution in [1.82, 2.24) is 15.6 Å². The van der Waals surface area contributed by atoms with Crippen LogP contribution in [0, 0.1) is 11.8 Å². The van der Waals surface area contributed by atoms with Gasteiger partial charge in [0.25, 0.3) is 0 Å².